The number of amides is 1. The maximum Gasteiger partial charge on any atom is 0.254 e. The third-order valence-corrected chi connectivity index (χ3v) is 6.92. The fourth-order valence-corrected chi connectivity index (χ4v) is 5.21. The number of rotatable bonds is 10. The molecule has 0 saturated carbocycles. The van der Waals surface area contributed by atoms with Gasteiger partial charge in [0, 0.05) is 41.7 Å². The van der Waals surface area contributed by atoms with E-state index in [-0.39, 0.29) is 17.4 Å². The van der Waals surface area contributed by atoms with Crippen LogP contribution in [0.3, 0.4) is 0 Å². The Morgan fingerprint density at radius 1 is 1.24 bits per heavy atom. The Morgan fingerprint density at radius 3 is 2.64 bits per heavy atom. The Bertz CT molecular complexity index is 1060. The molecular formula is C26H32FN3O2S. The summed E-state index contributed by atoms with van der Waals surface area (Å²) in [5.74, 6) is -0.0464. The van der Waals surface area contributed by atoms with Crippen molar-refractivity contribution >= 4 is 17.2 Å². The first-order valence-electron chi connectivity index (χ1n) is 11.3. The molecule has 176 valence electrons. The lowest BCUT2D eigenvalue weighted by atomic mass is 9.76. The maximum atomic E-state index is 13.8. The van der Waals surface area contributed by atoms with Crippen LogP contribution in [-0.2, 0) is 0 Å². The first kappa shape index (κ1) is 24.8. The van der Waals surface area contributed by atoms with E-state index in [9.17, 15) is 9.18 Å². The van der Waals surface area contributed by atoms with Crippen molar-refractivity contribution in [1.82, 2.24) is 14.9 Å². The number of aromatic nitrogens is 2. The fraction of sp³-hybridized carbons (Fsp3) is 0.423. The molecule has 0 radical (unpaired) electrons. The predicted octanol–water partition coefficient (Wildman–Crippen LogP) is 6.39. The minimum absolute atomic E-state index is 0.0296. The number of carbonyl (C=O) groups excluding carboxylic acids is 1. The van der Waals surface area contributed by atoms with Crippen molar-refractivity contribution in [3.05, 3.63) is 65.0 Å². The van der Waals surface area contributed by atoms with Gasteiger partial charge in [0.25, 0.3) is 5.91 Å². The Kier molecular flexibility index (Phi) is 8.19. The second-order valence-electron chi connectivity index (χ2n) is 8.73. The summed E-state index contributed by atoms with van der Waals surface area (Å²) in [5.41, 5.74) is 2.23. The van der Waals surface area contributed by atoms with E-state index >= 15 is 0 Å². The van der Waals surface area contributed by atoms with Crippen LogP contribution in [0.5, 0.6) is 5.88 Å². The van der Waals surface area contributed by atoms with Gasteiger partial charge in [-0.3, -0.25) is 4.79 Å². The molecule has 0 aliphatic carbocycles. The summed E-state index contributed by atoms with van der Waals surface area (Å²) in [5, 5.41) is 2.75. The van der Waals surface area contributed by atoms with Gasteiger partial charge in [0.2, 0.25) is 5.88 Å². The summed E-state index contributed by atoms with van der Waals surface area (Å²) < 4.78 is 19.2. The van der Waals surface area contributed by atoms with Crippen LogP contribution in [-0.4, -0.2) is 40.5 Å². The van der Waals surface area contributed by atoms with Crippen molar-refractivity contribution < 1.29 is 13.9 Å². The number of hydrogen-bond acceptors (Lipinski definition) is 5. The van der Waals surface area contributed by atoms with Crippen molar-refractivity contribution in [2.45, 2.75) is 53.0 Å². The minimum Gasteiger partial charge on any atom is -0.477 e. The molecule has 0 N–H and O–H groups in total. The van der Waals surface area contributed by atoms with Crippen molar-refractivity contribution in [2.75, 3.05) is 13.7 Å². The standard InChI is InChI=1S/C26H32FN3O2S/c1-6-12-26(4,17-32-23-11-9-19(27)16-29-23)22(7-2)30(5)25(31)21-15-18(3)8-10-20(21)24-28-13-14-33-24/h8-11,13-16,22H,6-7,12,17H2,1-5H3. The van der Waals surface area contributed by atoms with E-state index < -0.39 is 5.82 Å². The molecule has 0 spiro atoms. The van der Waals surface area contributed by atoms with Gasteiger partial charge in [-0.25, -0.2) is 14.4 Å². The first-order chi connectivity index (χ1) is 15.8. The largest absolute Gasteiger partial charge is 0.477 e. The van der Waals surface area contributed by atoms with Crippen LogP contribution in [0.2, 0.25) is 0 Å². The molecule has 0 fully saturated rings. The van der Waals surface area contributed by atoms with E-state index in [1.54, 1.807) is 6.20 Å². The van der Waals surface area contributed by atoms with Crippen LogP contribution in [0.15, 0.2) is 48.1 Å². The maximum absolute atomic E-state index is 13.8. The summed E-state index contributed by atoms with van der Waals surface area (Å²) in [6.45, 7) is 8.74. The number of hydrogen-bond donors (Lipinski definition) is 0. The molecule has 0 saturated heterocycles. The Morgan fingerprint density at radius 2 is 2.03 bits per heavy atom. The molecule has 0 aliphatic rings. The van der Waals surface area contributed by atoms with Crippen molar-refractivity contribution in [3.63, 3.8) is 0 Å². The van der Waals surface area contributed by atoms with E-state index in [4.69, 9.17) is 4.74 Å². The molecule has 2 heterocycles. The molecule has 33 heavy (non-hydrogen) atoms. The summed E-state index contributed by atoms with van der Waals surface area (Å²) in [7, 11) is 1.87. The second kappa shape index (κ2) is 10.9. The van der Waals surface area contributed by atoms with Gasteiger partial charge < -0.3 is 9.64 Å². The summed E-state index contributed by atoms with van der Waals surface area (Å²) in [6, 6.07) is 8.74. The van der Waals surface area contributed by atoms with E-state index in [1.807, 2.05) is 42.5 Å². The van der Waals surface area contributed by atoms with Gasteiger partial charge in [-0.05, 0) is 31.9 Å². The summed E-state index contributed by atoms with van der Waals surface area (Å²) >= 11 is 1.52. The van der Waals surface area contributed by atoms with Crippen LogP contribution >= 0.6 is 11.3 Å². The smallest absolute Gasteiger partial charge is 0.254 e. The van der Waals surface area contributed by atoms with Gasteiger partial charge in [0.05, 0.1) is 18.4 Å². The SMILES string of the molecule is CCCC(C)(COc1ccc(F)cn1)C(CC)N(C)C(=O)c1cc(C)ccc1-c1nccs1. The third kappa shape index (κ3) is 5.77. The lowest BCUT2D eigenvalue weighted by Gasteiger charge is -2.42. The van der Waals surface area contributed by atoms with Gasteiger partial charge in [0.1, 0.15) is 10.8 Å². The number of thiazole rings is 1. The highest BCUT2D eigenvalue weighted by Gasteiger charge is 2.38. The van der Waals surface area contributed by atoms with Crippen LogP contribution in [0, 0.1) is 18.2 Å². The molecule has 5 nitrogen and oxygen atoms in total. The third-order valence-electron chi connectivity index (χ3n) is 6.12. The zero-order valence-corrected chi connectivity index (χ0v) is 20.8. The predicted molar refractivity (Wildman–Crippen MR) is 131 cm³/mol. The van der Waals surface area contributed by atoms with Crippen molar-refractivity contribution in [2.24, 2.45) is 5.41 Å². The molecule has 2 aromatic heterocycles. The Hall–Kier alpha value is -2.80. The van der Waals surface area contributed by atoms with Crippen LogP contribution in [0.1, 0.15) is 56.0 Å². The molecule has 1 aromatic carbocycles. The molecule has 0 aliphatic heterocycles. The lowest BCUT2D eigenvalue weighted by molar-refractivity contribution is 0.0295. The highest BCUT2D eigenvalue weighted by Crippen LogP contribution is 2.35. The highest BCUT2D eigenvalue weighted by molar-refractivity contribution is 7.13. The van der Waals surface area contributed by atoms with E-state index in [2.05, 4.69) is 30.7 Å². The molecule has 0 bridgehead atoms. The highest BCUT2D eigenvalue weighted by atomic mass is 32.1. The van der Waals surface area contributed by atoms with Crippen molar-refractivity contribution in [1.29, 1.82) is 0 Å². The number of ether oxygens (including phenoxy) is 1. The van der Waals surface area contributed by atoms with Gasteiger partial charge in [-0.2, -0.15) is 0 Å². The van der Waals surface area contributed by atoms with Gasteiger partial charge in [0.15, 0.2) is 0 Å². The van der Waals surface area contributed by atoms with E-state index in [1.165, 1.54) is 23.5 Å². The average Bonchev–Trinajstić information content (AvgIpc) is 3.33. The van der Waals surface area contributed by atoms with E-state index in [0.717, 1.165) is 41.6 Å². The molecule has 7 heteroatoms. The summed E-state index contributed by atoms with van der Waals surface area (Å²) in [4.78, 5) is 24.1. The van der Waals surface area contributed by atoms with Crippen LogP contribution < -0.4 is 4.74 Å². The zero-order chi connectivity index (χ0) is 24.0. The molecular weight excluding hydrogens is 437 g/mol. The zero-order valence-electron chi connectivity index (χ0n) is 20.0. The topological polar surface area (TPSA) is 55.3 Å². The average molecular weight is 470 g/mol. The van der Waals surface area contributed by atoms with Crippen LogP contribution in [0.4, 0.5) is 4.39 Å². The first-order valence-corrected chi connectivity index (χ1v) is 12.2. The van der Waals surface area contributed by atoms with E-state index in [0.29, 0.717) is 18.1 Å². The minimum atomic E-state index is -0.398. The number of carbonyl (C=O) groups is 1. The van der Waals surface area contributed by atoms with Gasteiger partial charge in [-0.1, -0.05) is 44.9 Å². The normalized spacial score (nSPS) is 13.9. The number of benzene rings is 1. The Labute approximate surface area is 199 Å². The second-order valence-corrected chi connectivity index (χ2v) is 9.63. The number of halogens is 1. The quantitative estimate of drug-likeness (QED) is 0.345. The van der Waals surface area contributed by atoms with Gasteiger partial charge >= 0.3 is 0 Å². The lowest BCUT2D eigenvalue weighted by Crippen LogP contribution is -2.50. The molecule has 3 aromatic rings. The molecule has 3 rings (SSSR count). The van der Waals surface area contributed by atoms with Gasteiger partial charge in [-0.15, -0.1) is 11.3 Å². The Balaban J connectivity index is 1.89. The van der Waals surface area contributed by atoms with Crippen molar-refractivity contribution in [3.8, 4) is 16.5 Å². The number of pyridine rings is 1. The number of aryl methyl sites for hydroxylation is 1. The molecule has 2 atom stereocenters. The summed E-state index contributed by atoms with van der Waals surface area (Å²) in [6.07, 6.45) is 5.50. The molecule has 1 amide bonds. The molecule has 2 unspecified atom stereocenters. The number of nitrogens with zero attached hydrogens (tertiary/aromatic N) is 3. The van der Waals surface area contributed by atoms with Crippen LogP contribution in [0.25, 0.3) is 10.6 Å². The fourth-order valence-electron chi connectivity index (χ4n) is 4.54. The monoisotopic (exact) mass is 469 g/mol.